The number of rotatable bonds is 8. The van der Waals surface area contributed by atoms with Crippen LogP contribution in [0.4, 0.5) is 0 Å². The molecule has 30 heavy (non-hydrogen) atoms. The quantitative estimate of drug-likeness (QED) is 0.640. The van der Waals surface area contributed by atoms with Gasteiger partial charge in [0.1, 0.15) is 11.9 Å². The Morgan fingerprint density at radius 2 is 2.13 bits per heavy atom. The topological polar surface area (TPSA) is 79.7 Å². The average molecular weight is 418 g/mol. The Morgan fingerprint density at radius 1 is 1.30 bits per heavy atom. The van der Waals surface area contributed by atoms with E-state index in [-0.39, 0.29) is 29.8 Å². The molecule has 0 aliphatic carbocycles. The van der Waals surface area contributed by atoms with Gasteiger partial charge in [-0.15, -0.1) is 0 Å². The number of hydrogen-bond acceptors (Lipinski definition) is 5. The molecule has 4 rings (SSSR count). The van der Waals surface area contributed by atoms with Crippen LogP contribution in [0.2, 0.25) is 0 Å². The molecule has 2 amide bonds. The van der Waals surface area contributed by atoms with Crippen LogP contribution in [0.3, 0.4) is 0 Å². The van der Waals surface area contributed by atoms with Crippen molar-refractivity contribution in [3.8, 4) is 0 Å². The minimum atomic E-state index is -0.338. The summed E-state index contributed by atoms with van der Waals surface area (Å²) >= 11 is 0. The molecule has 8 heteroatoms. The van der Waals surface area contributed by atoms with Crippen LogP contribution in [-0.4, -0.2) is 83.1 Å². The van der Waals surface area contributed by atoms with Gasteiger partial charge >= 0.3 is 0 Å². The number of piperidine rings is 3. The zero-order chi connectivity index (χ0) is 21.1. The second-order valence-corrected chi connectivity index (χ2v) is 9.03. The summed E-state index contributed by atoms with van der Waals surface area (Å²) in [7, 11) is 1.63. The van der Waals surface area contributed by atoms with Crippen LogP contribution in [0.15, 0.2) is 12.4 Å². The lowest BCUT2D eigenvalue weighted by Gasteiger charge is -2.56. The lowest BCUT2D eigenvalue weighted by atomic mass is 9.71. The van der Waals surface area contributed by atoms with Gasteiger partial charge < -0.3 is 24.4 Å². The molecule has 1 aromatic heterocycles. The molecule has 0 unspecified atom stereocenters. The first-order valence-electron chi connectivity index (χ1n) is 11.4. The normalized spacial score (nSPS) is 29.0. The highest BCUT2D eigenvalue weighted by molar-refractivity contribution is 5.89. The van der Waals surface area contributed by atoms with E-state index in [0.29, 0.717) is 25.5 Å². The Morgan fingerprint density at radius 3 is 2.90 bits per heavy atom. The van der Waals surface area contributed by atoms with Crippen LogP contribution in [0.25, 0.3) is 0 Å². The van der Waals surface area contributed by atoms with Crippen molar-refractivity contribution < 1.29 is 14.3 Å². The number of ether oxygens (including phenoxy) is 1. The van der Waals surface area contributed by atoms with Crippen LogP contribution in [0.1, 0.15) is 37.9 Å². The van der Waals surface area contributed by atoms with E-state index in [0.717, 1.165) is 57.7 Å². The second kappa shape index (κ2) is 9.47. The number of carbonyl (C=O) groups is 2. The Hall–Kier alpha value is -1.93. The molecule has 0 spiro atoms. The third-order valence-corrected chi connectivity index (χ3v) is 7.09. The molecule has 0 saturated carbocycles. The van der Waals surface area contributed by atoms with E-state index in [1.54, 1.807) is 7.11 Å². The van der Waals surface area contributed by atoms with Crippen molar-refractivity contribution in [1.82, 2.24) is 24.7 Å². The molecule has 1 N–H and O–H groups in total. The van der Waals surface area contributed by atoms with Gasteiger partial charge in [-0.1, -0.05) is 0 Å². The lowest BCUT2D eigenvalue weighted by Crippen LogP contribution is -2.68. The van der Waals surface area contributed by atoms with Crippen molar-refractivity contribution in [2.45, 2.75) is 57.7 Å². The Bertz CT molecular complexity index is 751. The van der Waals surface area contributed by atoms with Crippen molar-refractivity contribution in [1.29, 1.82) is 0 Å². The number of likely N-dealkylation sites (tertiary alicyclic amines) is 1. The molecular weight excluding hydrogens is 382 g/mol. The van der Waals surface area contributed by atoms with Crippen molar-refractivity contribution in [2.24, 2.45) is 11.8 Å². The molecule has 1 aromatic rings. The van der Waals surface area contributed by atoms with Gasteiger partial charge in [0.05, 0.1) is 6.61 Å². The van der Waals surface area contributed by atoms with Gasteiger partial charge in [-0.3, -0.25) is 9.59 Å². The molecule has 3 aliphatic rings. The largest absolute Gasteiger partial charge is 0.383 e. The number of aryl methyl sites for hydroxylation is 2. The molecule has 0 radical (unpaired) electrons. The number of amides is 2. The fourth-order valence-corrected chi connectivity index (χ4v) is 5.76. The van der Waals surface area contributed by atoms with Crippen molar-refractivity contribution >= 4 is 11.8 Å². The molecule has 3 fully saturated rings. The van der Waals surface area contributed by atoms with E-state index in [1.807, 2.05) is 24.2 Å². The number of fused-ring (bicyclic) bond motifs is 4. The van der Waals surface area contributed by atoms with E-state index >= 15 is 0 Å². The van der Waals surface area contributed by atoms with Gasteiger partial charge in [-0.25, -0.2) is 4.98 Å². The molecule has 4 heterocycles. The van der Waals surface area contributed by atoms with Crippen molar-refractivity contribution in [3.05, 3.63) is 18.2 Å². The van der Waals surface area contributed by atoms with Crippen molar-refractivity contribution in [2.75, 3.05) is 39.9 Å². The van der Waals surface area contributed by atoms with Gasteiger partial charge in [0, 0.05) is 64.1 Å². The number of nitrogens with one attached hydrogen (secondary N) is 1. The summed E-state index contributed by atoms with van der Waals surface area (Å²) in [5, 5.41) is 3.01. The summed E-state index contributed by atoms with van der Waals surface area (Å²) in [6, 6.07) is -0.131. The summed E-state index contributed by atoms with van der Waals surface area (Å²) in [6.45, 7) is 6.92. The summed E-state index contributed by atoms with van der Waals surface area (Å²) < 4.78 is 7.27. The Labute approximate surface area is 178 Å². The van der Waals surface area contributed by atoms with Crippen LogP contribution in [0.5, 0.6) is 0 Å². The number of hydrogen-bond donors (Lipinski definition) is 1. The van der Waals surface area contributed by atoms with E-state index in [1.165, 1.54) is 0 Å². The fourth-order valence-electron chi connectivity index (χ4n) is 5.76. The number of imidazole rings is 1. The van der Waals surface area contributed by atoms with Crippen molar-refractivity contribution in [3.63, 3.8) is 0 Å². The molecule has 4 atom stereocenters. The number of methoxy groups -OCH3 is 1. The van der Waals surface area contributed by atoms with Crippen LogP contribution in [-0.2, 0) is 20.9 Å². The van der Waals surface area contributed by atoms with E-state index in [2.05, 4.69) is 19.8 Å². The molecule has 3 aliphatic heterocycles. The van der Waals surface area contributed by atoms with E-state index in [4.69, 9.17) is 4.74 Å². The first-order valence-corrected chi connectivity index (χ1v) is 11.4. The first kappa shape index (κ1) is 21.3. The monoisotopic (exact) mass is 417 g/mol. The summed E-state index contributed by atoms with van der Waals surface area (Å²) in [6.07, 6.45) is 8.54. The highest BCUT2D eigenvalue weighted by Gasteiger charge is 2.51. The van der Waals surface area contributed by atoms with Crippen LogP contribution < -0.4 is 5.32 Å². The summed E-state index contributed by atoms with van der Waals surface area (Å²) in [5.74, 6) is 1.89. The lowest BCUT2D eigenvalue weighted by molar-refractivity contribution is -0.160. The van der Waals surface area contributed by atoms with Gasteiger partial charge in [0.25, 0.3) is 0 Å². The smallest absolute Gasteiger partial charge is 0.243 e. The predicted octanol–water partition coefficient (Wildman–Crippen LogP) is 1.05. The highest BCUT2D eigenvalue weighted by Crippen LogP contribution is 2.41. The second-order valence-electron chi connectivity index (χ2n) is 9.03. The highest BCUT2D eigenvalue weighted by atomic mass is 16.5. The standard InChI is InChI=1S/C22H35N5O3/c1-16-23-7-11-26(16)10-4-9-25-14-17-13-18(15-25)21(22(29)24-8-12-30-2)27-19(17)5-3-6-20(27)28/h7,11,17-19,21H,3-6,8-10,12-15H2,1-2H3,(H,24,29)/t17-,18+,19-,21+/m0/s1. The third-order valence-electron chi connectivity index (χ3n) is 7.09. The first-order chi connectivity index (χ1) is 14.6. The van der Waals surface area contributed by atoms with Gasteiger partial charge in [0.2, 0.25) is 11.8 Å². The van der Waals surface area contributed by atoms with E-state index < -0.39 is 0 Å². The minimum absolute atomic E-state index is 0.00774. The Balaban J connectivity index is 1.43. The fraction of sp³-hybridized carbons (Fsp3) is 0.773. The maximum absolute atomic E-state index is 13.1. The molecule has 2 bridgehead atoms. The molecule has 0 aromatic carbocycles. The minimum Gasteiger partial charge on any atom is -0.383 e. The number of nitrogens with zero attached hydrogens (tertiary/aromatic N) is 4. The van der Waals surface area contributed by atoms with Gasteiger partial charge in [-0.2, -0.15) is 0 Å². The summed E-state index contributed by atoms with van der Waals surface area (Å²) in [4.78, 5) is 34.7. The number of aromatic nitrogens is 2. The molecular formula is C22H35N5O3. The molecule has 166 valence electrons. The maximum Gasteiger partial charge on any atom is 0.243 e. The summed E-state index contributed by atoms with van der Waals surface area (Å²) in [5.41, 5.74) is 0. The zero-order valence-corrected chi connectivity index (χ0v) is 18.3. The van der Waals surface area contributed by atoms with Crippen LogP contribution >= 0.6 is 0 Å². The molecule has 3 saturated heterocycles. The van der Waals surface area contributed by atoms with Crippen LogP contribution in [0, 0.1) is 18.8 Å². The molecule has 8 nitrogen and oxygen atoms in total. The maximum atomic E-state index is 13.1. The third kappa shape index (κ3) is 4.39. The van der Waals surface area contributed by atoms with Gasteiger partial charge in [-0.05, 0) is 45.1 Å². The number of carbonyl (C=O) groups excluding carboxylic acids is 2. The van der Waals surface area contributed by atoms with E-state index in [9.17, 15) is 9.59 Å². The predicted molar refractivity (Wildman–Crippen MR) is 113 cm³/mol. The zero-order valence-electron chi connectivity index (χ0n) is 18.3. The average Bonchev–Trinajstić information content (AvgIpc) is 3.14. The SMILES string of the molecule is COCCNC(=O)[C@H]1[C@@H]2C[C@@H](CN(CCCn3ccnc3C)C2)[C@@H]2CCCC(=O)N21. The Kier molecular flexibility index (Phi) is 6.73. The van der Waals surface area contributed by atoms with Gasteiger partial charge in [0.15, 0.2) is 0 Å².